The van der Waals surface area contributed by atoms with E-state index in [-0.39, 0.29) is 25.2 Å². The zero-order chi connectivity index (χ0) is 15.2. The maximum atomic E-state index is 12.5. The Bertz CT molecular complexity index is 372. The van der Waals surface area contributed by atoms with E-state index < -0.39 is 5.97 Å². The van der Waals surface area contributed by atoms with Crippen molar-refractivity contribution in [2.24, 2.45) is 0 Å². The zero-order valence-corrected chi connectivity index (χ0v) is 13.3. The van der Waals surface area contributed by atoms with Gasteiger partial charge in [0.2, 0.25) is 0 Å². The topological polar surface area (TPSA) is 70.1 Å². The predicted molar refractivity (Wildman–Crippen MR) is 81.7 cm³/mol. The second-order valence-corrected chi connectivity index (χ2v) is 6.75. The van der Waals surface area contributed by atoms with Crippen molar-refractivity contribution in [3.8, 4) is 0 Å². The minimum Gasteiger partial charge on any atom is -0.481 e. The summed E-state index contributed by atoms with van der Waals surface area (Å²) in [6.07, 6.45) is 1.72. The highest BCUT2D eigenvalue weighted by molar-refractivity contribution is 7.99. The van der Waals surface area contributed by atoms with Crippen molar-refractivity contribution in [2.45, 2.75) is 38.3 Å². The molecule has 21 heavy (non-hydrogen) atoms. The fraction of sp³-hybridized carbons (Fsp3) is 0.857. The van der Waals surface area contributed by atoms with Crippen LogP contribution in [0.25, 0.3) is 0 Å². The summed E-state index contributed by atoms with van der Waals surface area (Å²) in [5, 5.41) is 8.59. The van der Waals surface area contributed by atoms with Crippen molar-refractivity contribution in [3.05, 3.63) is 0 Å². The largest absolute Gasteiger partial charge is 0.481 e. The second-order valence-electron chi connectivity index (χ2n) is 5.60. The molecule has 120 valence electrons. The van der Waals surface area contributed by atoms with Crippen LogP contribution in [-0.4, -0.2) is 76.8 Å². The number of likely N-dealkylation sites (tertiary alicyclic amines) is 1. The van der Waals surface area contributed by atoms with E-state index in [4.69, 9.17) is 9.84 Å². The number of carbonyl (C=O) groups is 2. The first-order valence-electron chi connectivity index (χ1n) is 7.54. The SMILES string of the molecule is CC1CSCCN1C(=O)N1CCC(OCCC(=O)O)CC1. The lowest BCUT2D eigenvalue weighted by Gasteiger charge is -2.39. The van der Waals surface area contributed by atoms with Gasteiger partial charge in [-0.15, -0.1) is 0 Å². The summed E-state index contributed by atoms with van der Waals surface area (Å²) < 4.78 is 5.55. The molecule has 2 saturated heterocycles. The van der Waals surface area contributed by atoms with Gasteiger partial charge in [-0.3, -0.25) is 4.79 Å². The highest BCUT2D eigenvalue weighted by Gasteiger charge is 2.30. The molecule has 2 aliphatic rings. The number of aliphatic carboxylic acids is 1. The summed E-state index contributed by atoms with van der Waals surface area (Å²) in [5.74, 6) is 1.20. The monoisotopic (exact) mass is 316 g/mol. The molecule has 2 aliphatic heterocycles. The molecule has 0 aromatic rings. The van der Waals surface area contributed by atoms with Crippen molar-refractivity contribution in [1.82, 2.24) is 9.80 Å². The van der Waals surface area contributed by atoms with Gasteiger partial charge >= 0.3 is 12.0 Å². The highest BCUT2D eigenvalue weighted by Crippen LogP contribution is 2.20. The second kappa shape index (κ2) is 7.89. The van der Waals surface area contributed by atoms with Gasteiger partial charge in [-0.05, 0) is 19.8 Å². The molecule has 0 aromatic carbocycles. The number of carbonyl (C=O) groups excluding carboxylic acids is 1. The highest BCUT2D eigenvalue weighted by atomic mass is 32.2. The van der Waals surface area contributed by atoms with Gasteiger partial charge in [-0.25, -0.2) is 4.79 Å². The standard InChI is InChI=1S/C14H24N2O4S/c1-11-10-21-9-7-16(11)14(19)15-5-2-12(3-6-15)20-8-4-13(17)18/h11-12H,2-10H2,1H3,(H,17,18). The molecule has 1 unspecified atom stereocenters. The average molecular weight is 316 g/mol. The zero-order valence-electron chi connectivity index (χ0n) is 12.5. The number of amides is 2. The van der Waals surface area contributed by atoms with E-state index in [9.17, 15) is 9.59 Å². The van der Waals surface area contributed by atoms with E-state index in [1.165, 1.54) is 0 Å². The van der Waals surface area contributed by atoms with Crippen LogP contribution in [0.15, 0.2) is 0 Å². The van der Waals surface area contributed by atoms with Gasteiger partial charge in [-0.2, -0.15) is 11.8 Å². The van der Waals surface area contributed by atoms with E-state index in [0.717, 1.165) is 30.9 Å². The molecule has 0 aromatic heterocycles. The first-order chi connectivity index (χ1) is 10.1. The average Bonchev–Trinajstić information content (AvgIpc) is 2.47. The molecule has 1 N–H and O–H groups in total. The summed E-state index contributed by atoms with van der Waals surface area (Å²) in [4.78, 5) is 26.8. The van der Waals surface area contributed by atoms with E-state index in [2.05, 4.69) is 6.92 Å². The van der Waals surface area contributed by atoms with Gasteiger partial charge in [0, 0.05) is 37.2 Å². The van der Waals surface area contributed by atoms with Crippen molar-refractivity contribution in [1.29, 1.82) is 0 Å². The van der Waals surface area contributed by atoms with Crippen LogP contribution in [0.5, 0.6) is 0 Å². The van der Waals surface area contributed by atoms with Crippen LogP contribution in [0.2, 0.25) is 0 Å². The number of nitrogens with zero attached hydrogens (tertiary/aromatic N) is 2. The molecular weight excluding hydrogens is 292 g/mol. The van der Waals surface area contributed by atoms with Crippen molar-refractivity contribution in [2.75, 3.05) is 37.7 Å². The first kappa shape index (κ1) is 16.4. The Balaban J connectivity index is 1.72. The summed E-state index contributed by atoms with van der Waals surface area (Å²) >= 11 is 1.90. The molecule has 2 heterocycles. The third kappa shape index (κ3) is 4.78. The molecule has 0 aliphatic carbocycles. The first-order valence-corrected chi connectivity index (χ1v) is 8.70. The van der Waals surface area contributed by atoms with Crippen LogP contribution in [0.1, 0.15) is 26.2 Å². The van der Waals surface area contributed by atoms with Crippen LogP contribution in [-0.2, 0) is 9.53 Å². The normalized spacial score (nSPS) is 24.1. The molecule has 0 bridgehead atoms. The van der Waals surface area contributed by atoms with Crippen LogP contribution < -0.4 is 0 Å². The number of piperidine rings is 1. The predicted octanol–water partition coefficient (Wildman–Crippen LogP) is 1.50. The Morgan fingerprint density at radius 2 is 2.00 bits per heavy atom. The van der Waals surface area contributed by atoms with E-state index in [1.807, 2.05) is 21.6 Å². The molecule has 2 rings (SSSR count). The minimum atomic E-state index is -0.834. The van der Waals surface area contributed by atoms with E-state index in [0.29, 0.717) is 19.1 Å². The Morgan fingerprint density at radius 1 is 1.29 bits per heavy atom. The lowest BCUT2D eigenvalue weighted by Crippen LogP contribution is -2.53. The quantitative estimate of drug-likeness (QED) is 0.851. The summed E-state index contributed by atoms with van der Waals surface area (Å²) in [6.45, 7) is 4.60. The van der Waals surface area contributed by atoms with Gasteiger partial charge in [0.25, 0.3) is 0 Å². The number of urea groups is 1. The van der Waals surface area contributed by atoms with Crippen LogP contribution >= 0.6 is 11.8 Å². The van der Waals surface area contributed by atoms with Crippen LogP contribution in [0.3, 0.4) is 0 Å². The molecule has 0 spiro atoms. The Labute approximate surface area is 129 Å². The minimum absolute atomic E-state index is 0.0438. The number of hydrogen-bond donors (Lipinski definition) is 1. The molecule has 2 fully saturated rings. The number of ether oxygens (including phenoxy) is 1. The van der Waals surface area contributed by atoms with Gasteiger partial charge in [0.05, 0.1) is 19.1 Å². The Kier molecular flexibility index (Phi) is 6.17. The summed E-state index contributed by atoms with van der Waals surface area (Å²) in [5.41, 5.74) is 0. The van der Waals surface area contributed by atoms with Gasteiger partial charge in [0.15, 0.2) is 0 Å². The molecule has 0 saturated carbocycles. The van der Waals surface area contributed by atoms with E-state index >= 15 is 0 Å². The maximum absolute atomic E-state index is 12.5. The van der Waals surface area contributed by atoms with Crippen molar-refractivity contribution >= 4 is 23.8 Å². The number of hydrogen-bond acceptors (Lipinski definition) is 4. The third-order valence-electron chi connectivity index (χ3n) is 4.00. The number of carboxylic acids is 1. The van der Waals surface area contributed by atoms with Crippen molar-refractivity contribution < 1.29 is 19.4 Å². The maximum Gasteiger partial charge on any atom is 0.320 e. The lowest BCUT2D eigenvalue weighted by atomic mass is 10.1. The lowest BCUT2D eigenvalue weighted by molar-refractivity contribution is -0.138. The van der Waals surface area contributed by atoms with Crippen LogP contribution in [0, 0.1) is 0 Å². The van der Waals surface area contributed by atoms with Crippen molar-refractivity contribution in [3.63, 3.8) is 0 Å². The number of carboxylic acid groups (broad SMARTS) is 1. The fourth-order valence-corrected chi connectivity index (χ4v) is 3.73. The van der Waals surface area contributed by atoms with Gasteiger partial charge < -0.3 is 19.6 Å². The molecular formula is C14H24N2O4S. The number of thioether (sulfide) groups is 1. The number of rotatable bonds is 4. The molecule has 0 radical (unpaired) electrons. The van der Waals surface area contributed by atoms with Crippen LogP contribution in [0.4, 0.5) is 4.79 Å². The van der Waals surface area contributed by atoms with E-state index in [1.54, 1.807) is 0 Å². The van der Waals surface area contributed by atoms with Gasteiger partial charge in [0.1, 0.15) is 0 Å². The third-order valence-corrected chi connectivity index (χ3v) is 5.18. The molecule has 2 amide bonds. The van der Waals surface area contributed by atoms with Gasteiger partial charge in [-0.1, -0.05) is 0 Å². The smallest absolute Gasteiger partial charge is 0.320 e. The summed E-state index contributed by atoms with van der Waals surface area (Å²) in [7, 11) is 0. The summed E-state index contributed by atoms with van der Waals surface area (Å²) in [6, 6.07) is 0.451. The fourth-order valence-electron chi connectivity index (χ4n) is 2.72. The molecule has 1 atom stereocenters. The Hall–Kier alpha value is -0.950. The molecule has 6 nitrogen and oxygen atoms in total. The molecule has 7 heteroatoms. The Morgan fingerprint density at radius 3 is 2.62 bits per heavy atom.